The molecule has 0 saturated heterocycles. The lowest BCUT2D eigenvalue weighted by Gasteiger charge is -1.91. The van der Waals surface area contributed by atoms with Crippen molar-refractivity contribution in [1.29, 1.82) is 0 Å². The quantitative estimate of drug-likeness (QED) is 0.599. The van der Waals surface area contributed by atoms with Gasteiger partial charge in [0.1, 0.15) is 0 Å². The number of H-pyrrole nitrogens is 1. The van der Waals surface area contributed by atoms with Crippen LogP contribution < -0.4 is 0 Å². The second kappa shape index (κ2) is 2.74. The molecule has 1 aromatic heterocycles. The number of aromatic nitrogens is 1. The van der Waals surface area contributed by atoms with Crippen LogP contribution in [0.4, 0.5) is 0 Å². The third-order valence-electron chi connectivity index (χ3n) is 1.61. The van der Waals surface area contributed by atoms with Crippen LogP contribution in [0.3, 0.4) is 0 Å². The van der Waals surface area contributed by atoms with Gasteiger partial charge in [-0.2, -0.15) is 0 Å². The van der Waals surface area contributed by atoms with Crippen molar-refractivity contribution in [2.24, 2.45) is 0 Å². The maximum Gasteiger partial charge on any atom is 0.0217 e. The highest BCUT2D eigenvalue weighted by molar-refractivity contribution is 5.25. The van der Waals surface area contributed by atoms with Gasteiger partial charge in [0.05, 0.1) is 0 Å². The monoisotopic (exact) mass is 135 g/mol. The third kappa shape index (κ3) is 1.29. The molecule has 0 amide bonds. The highest BCUT2D eigenvalue weighted by atomic mass is 14.7. The third-order valence-corrected chi connectivity index (χ3v) is 1.61. The lowest BCUT2D eigenvalue weighted by molar-refractivity contribution is 1.10. The first-order chi connectivity index (χ1) is 4.74. The van der Waals surface area contributed by atoms with Gasteiger partial charge in [-0.1, -0.05) is 6.08 Å². The summed E-state index contributed by atoms with van der Waals surface area (Å²) in [5, 5.41) is 0. The molecule has 0 radical (unpaired) electrons. The van der Waals surface area contributed by atoms with Crippen molar-refractivity contribution in [3.8, 4) is 0 Å². The number of allylic oxidation sites excluding steroid dienone is 1. The molecule has 1 heteroatoms. The molecule has 54 valence electrons. The van der Waals surface area contributed by atoms with E-state index in [1.165, 1.54) is 17.0 Å². The van der Waals surface area contributed by atoms with Crippen molar-refractivity contribution in [3.05, 3.63) is 35.7 Å². The number of aryl methyl sites for hydroxylation is 2. The Balaban J connectivity index is 2.91. The van der Waals surface area contributed by atoms with Crippen LogP contribution in [0.15, 0.2) is 18.7 Å². The standard InChI is InChI=1S/C9H13N/c1-4-5-9-7(2)6-8(3)10-9/h4,6,10H,1,5H2,2-3H3. The van der Waals surface area contributed by atoms with Crippen molar-refractivity contribution in [2.75, 3.05) is 0 Å². The van der Waals surface area contributed by atoms with Crippen LogP contribution in [-0.2, 0) is 6.42 Å². The fraction of sp³-hybridized carbons (Fsp3) is 0.333. The Morgan fingerprint density at radius 2 is 2.30 bits per heavy atom. The van der Waals surface area contributed by atoms with Crippen molar-refractivity contribution in [3.63, 3.8) is 0 Å². The van der Waals surface area contributed by atoms with E-state index in [1.54, 1.807) is 0 Å². The number of rotatable bonds is 2. The van der Waals surface area contributed by atoms with Crippen LogP contribution in [0.1, 0.15) is 17.0 Å². The second-order valence-electron chi connectivity index (χ2n) is 2.61. The van der Waals surface area contributed by atoms with Crippen LogP contribution in [0.25, 0.3) is 0 Å². The molecule has 1 heterocycles. The lowest BCUT2D eigenvalue weighted by Crippen LogP contribution is -1.82. The van der Waals surface area contributed by atoms with Gasteiger partial charge in [0.15, 0.2) is 0 Å². The minimum Gasteiger partial charge on any atom is -0.362 e. The molecule has 1 aromatic rings. The Labute approximate surface area is 61.8 Å². The van der Waals surface area contributed by atoms with E-state index in [4.69, 9.17) is 0 Å². The summed E-state index contributed by atoms with van der Waals surface area (Å²) in [5.41, 5.74) is 3.85. The molecular weight excluding hydrogens is 122 g/mol. The molecule has 0 aliphatic heterocycles. The minimum absolute atomic E-state index is 0.944. The summed E-state index contributed by atoms with van der Waals surface area (Å²) < 4.78 is 0. The van der Waals surface area contributed by atoms with E-state index in [-0.39, 0.29) is 0 Å². The van der Waals surface area contributed by atoms with Crippen molar-refractivity contribution in [1.82, 2.24) is 4.98 Å². The maximum absolute atomic E-state index is 3.69. The van der Waals surface area contributed by atoms with E-state index in [1.807, 2.05) is 6.08 Å². The minimum atomic E-state index is 0.944. The van der Waals surface area contributed by atoms with E-state index in [2.05, 4.69) is 31.5 Å². The molecule has 0 aromatic carbocycles. The predicted molar refractivity (Wildman–Crippen MR) is 44.2 cm³/mol. The molecule has 0 saturated carbocycles. The van der Waals surface area contributed by atoms with Crippen LogP contribution in [0.5, 0.6) is 0 Å². The maximum atomic E-state index is 3.69. The van der Waals surface area contributed by atoms with E-state index >= 15 is 0 Å². The van der Waals surface area contributed by atoms with E-state index < -0.39 is 0 Å². The summed E-state index contributed by atoms with van der Waals surface area (Å²) >= 11 is 0. The van der Waals surface area contributed by atoms with Crippen molar-refractivity contribution < 1.29 is 0 Å². The molecule has 1 N–H and O–H groups in total. The van der Waals surface area contributed by atoms with Gasteiger partial charge in [0, 0.05) is 17.8 Å². The first-order valence-electron chi connectivity index (χ1n) is 3.50. The van der Waals surface area contributed by atoms with E-state index in [0.29, 0.717) is 0 Å². The average Bonchev–Trinajstić information content (AvgIpc) is 2.13. The van der Waals surface area contributed by atoms with Crippen molar-refractivity contribution >= 4 is 0 Å². The normalized spacial score (nSPS) is 9.80. The number of aromatic amines is 1. The van der Waals surface area contributed by atoms with Crippen LogP contribution in [0, 0.1) is 13.8 Å². The summed E-state index contributed by atoms with van der Waals surface area (Å²) in [6, 6.07) is 2.15. The van der Waals surface area contributed by atoms with Gasteiger partial charge in [-0.3, -0.25) is 0 Å². The number of nitrogens with one attached hydrogen (secondary N) is 1. The Bertz CT molecular complexity index is 233. The van der Waals surface area contributed by atoms with Crippen molar-refractivity contribution in [2.45, 2.75) is 20.3 Å². The zero-order valence-electron chi connectivity index (χ0n) is 6.57. The molecule has 0 fully saturated rings. The fourth-order valence-corrected chi connectivity index (χ4v) is 1.14. The molecule has 10 heavy (non-hydrogen) atoms. The van der Waals surface area contributed by atoms with Gasteiger partial charge in [-0.05, 0) is 25.5 Å². The summed E-state index contributed by atoms with van der Waals surface area (Å²) in [4.78, 5) is 3.27. The van der Waals surface area contributed by atoms with Gasteiger partial charge in [-0.15, -0.1) is 6.58 Å². The fourth-order valence-electron chi connectivity index (χ4n) is 1.14. The Morgan fingerprint density at radius 3 is 2.70 bits per heavy atom. The molecular formula is C9H13N. The lowest BCUT2D eigenvalue weighted by atomic mass is 10.2. The SMILES string of the molecule is C=CCc1[nH]c(C)cc1C. The van der Waals surface area contributed by atoms with E-state index in [0.717, 1.165) is 6.42 Å². The van der Waals surface area contributed by atoms with Gasteiger partial charge >= 0.3 is 0 Å². The number of hydrogen-bond donors (Lipinski definition) is 1. The summed E-state index contributed by atoms with van der Waals surface area (Å²) in [5.74, 6) is 0. The summed E-state index contributed by atoms with van der Waals surface area (Å²) in [7, 11) is 0. The molecule has 0 spiro atoms. The van der Waals surface area contributed by atoms with Crippen LogP contribution in [-0.4, -0.2) is 4.98 Å². The Kier molecular flexibility index (Phi) is 1.95. The first-order valence-corrected chi connectivity index (χ1v) is 3.50. The topological polar surface area (TPSA) is 15.8 Å². The van der Waals surface area contributed by atoms with Gasteiger partial charge in [0.25, 0.3) is 0 Å². The van der Waals surface area contributed by atoms with Crippen LogP contribution in [0.2, 0.25) is 0 Å². The first kappa shape index (κ1) is 7.13. The second-order valence-corrected chi connectivity index (χ2v) is 2.61. The van der Waals surface area contributed by atoms with Gasteiger partial charge in [0.2, 0.25) is 0 Å². The van der Waals surface area contributed by atoms with E-state index in [9.17, 15) is 0 Å². The highest BCUT2D eigenvalue weighted by Gasteiger charge is 1.97. The molecule has 0 aliphatic rings. The molecule has 0 aliphatic carbocycles. The predicted octanol–water partition coefficient (Wildman–Crippen LogP) is 2.36. The van der Waals surface area contributed by atoms with Gasteiger partial charge < -0.3 is 4.98 Å². The largest absolute Gasteiger partial charge is 0.362 e. The zero-order chi connectivity index (χ0) is 7.56. The van der Waals surface area contributed by atoms with Gasteiger partial charge in [-0.25, -0.2) is 0 Å². The molecule has 1 rings (SSSR count). The highest BCUT2D eigenvalue weighted by Crippen LogP contribution is 2.09. The van der Waals surface area contributed by atoms with Crippen LogP contribution >= 0.6 is 0 Å². The average molecular weight is 135 g/mol. The summed E-state index contributed by atoms with van der Waals surface area (Å²) in [6.45, 7) is 7.87. The smallest absolute Gasteiger partial charge is 0.0217 e. The molecule has 0 bridgehead atoms. The Morgan fingerprint density at radius 1 is 1.60 bits per heavy atom. The zero-order valence-corrected chi connectivity index (χ0v) is 6.57. The molecule has 0 unspecified atom stereocenters. The number of hydrogen-bond acceptors (Lipinski definition) is 0. The summed E-state index contributed by atoms with van der Waals surface area (Å²) in [6.07, 6.45) is 2.86. The molecule has 0 atom stereocenters. The molecule has 1 nitrogen and oxygen atoms in total. The Hall–Kier alpha value is -0.980.